The quantitative estimate of drug-likeness (QED) is 0.273. The Balaban J connectivity index is 0.000000403. The van der Waals surface area contributed by atoms with E-state index in [4.69, 9.17) is 0 Å². The monoisotopic (exact) mass is 510 g/mol. The summed E-state index contributed by atoms with van der Waals surface area (Å²) in [7, 11) is -1.64. The standard InChI is InChI=1S/2C10H17Si.Hf/c2*1-11(2,3)9-8-10-6-4-5-7-10;/h2*4,6H,5,8-9H2,1-3H3;/q2*-1;+4. The molecule has 0 saturated heterocycles. The predicted molar refractivity (Wildman–Crippen MR) is 107 cm³/mol. The molecule has 3 heteroatoms. The van der Waals surface area contributed by atoms with E-state index >= 15 is 0 Å². The Hall–Kier alpha value is 0.264. The Morgan fingerprint density at radius 2 is 1.09 bits per heavy atom. The van der Waals surface area contributed by atoms with Crippen molar-refractivity contribution in [3.63, 3.8) is 0 Å². The van der Waals surface area contributed by atoms with Crippen molar-refractivity contribution in [3.8, 4) is 0 Å². The maximum atomic E-state index is 3.36. The maximum Gasteiger partial charge on any atom is 4.00 e. The van der Waals surface area contributed by atoms with Crippen LogP contribution in [-0.2, 0) is 25.8 Å². The van der Waals surface area contributed by atoms with Crippen LogP contribution >= 0.6 is 0 Å². The van der Waals surface area contributed by atoms with Crippen LogP contribution in [0.4, 0.5) is 0 Å². The summed E-state index contributed by atoms with van der Waals surface area (Å²) in [5, 5.41) is 0. The minimum Gasteiger partial charge on any atom is -0.270 e. The van der Waals surface area contributed by atoms with Crippen molar-refractivity contribution in [3.05, 3.63) is 47.6 Å². The minimum atomic E-state index is -0.819. The van der Waals surface area contributed by atoms with Crippen LogP contribution in [0.15, 0.2) is 35.5 Å². The second kappa shape index (κ2) is 11.0. The van der Waals surface area contributed by atoms with Gasteiger partial charge in [-0.1, -0.05) is 64.2 Å². The van der Waals surface area contributed by atoms with E-state index in [1.54, 1.807) is 0 Å². The van der Waals surface area contributed by atoms with Crippen molar-refractivity contribution < 1.29 is 25.8 Å². The Bertz CT molecular complexity index is 413. The first-order chi connectivity index (χ1) is 10.2. The second-order valence-electron chi connectivity index (χ2n) is 8.74. The maximum absolute atomic E-state index is 3.36. The van der Waals surface area contributed by atoms with Crippen molar-refractivity contribution in [1.82, 2.24) is 0 Å². The molecule has 2 rings (SSSR count). The summed E-state index contributed by atoms with van der Waals surface area (Å²) in [6.45, 7) is 14.5. The van der Waals surface area contributed by atoms with Gasteiger partial charge in [-0.3, -0.25) is 12.2 Å². The van der Waals surface area contributed by atoms with Crippen molar-refractivity contribution in [2.45, 2.75) is 77.1 Å². The van der Waals surface area contributed by atoms with Gasteiger partial charge >= 0.3 is 25.8 Å². The zero-order valence-corrected chi connectivity index (χ0v) is 21.6. The van der Waals surface area contributed by atoms with Crippen LogP contribution in [0.5, 0.6) is 0 Å². The molecule has 124 valence electrons. The van der Waals surface area contributed by atoms with Gasteiger partial charge in [-0.25, -0.2) is 23.3 Å². The van der Waals surface area contributed by atoms with E-state index in [2.05, 4.69) is 75.7 Å². The molecule has 0 nitrogen and oxygen atoms in total. The zero-order chi connectivity index (χ0) is 16.6. The Morgan fingerprint density at radius 1 is 0.739 bits per heavy atom. The van der Waals surface area contributed by atoms with Gasteiger partial charge in [-0.2, -0.15) is 12.2 Å². The molecule has 0 fully saturated rings. The second-order valence-corrected chi connectivity index (χ2v) is 20.0. The number of hydrogen-bond donors (Lipinski definition) is 0. The van der Waals surface area contributed by atoms with E-state index in [9.17, 15) is 0 Å². The molecule has 0 amide bonds. The van der Waals surface area contributed by atoms with Gasteiger partial charge in [0.1, 0.15) is 0 Å². The van der Waals surface area contributed by atoms with Crippen molar-refractivity contribution in [2.75, 3.05) is 0 Å². The molecule has 0 saturated carbocycles. The number of rotatable bonds is 6. The molecular weight excluding hydrogens is 475 g/mol. The fourth-order valence-electron chi connectivity index (χ4n) is 2.26. The zero-order valence-electron chi connectivity index (χ0n) is 16.1. The molecule has 0 radical (unpaired) electrons. The Morgan fingerprint density at radius 3 is 1.30 bits per heavy atom. The summed E-state index contributed by atoms with van der Waals surface area (Å²) in [6.07, 6.45) is 20.1. The molecule has 0 aliphatic heterocycles. The van der Waals surface area contributed by atoms with Crippen molar-refractivity contribution >= 4 is 16.1 Å². The van der Waals surface area contributed by atoms with Crippen LogP contribution in [0.2, 0.25) is 51.4 Å². The van der Waals surface area contributed by atoms with E-state index in [0.29, 0.717) is 0 Å². The summed E-state index contributed by atoms with van der Waals surface area (Å²) < 4.78 is 0. The molecular formula is C20H34HfSi2+2. The van der Waals surface area contributed by atoms with Gasteiger partial charge < -0.3 is 0 Å². The third-order valence-electron chi connectivity index (χ3n) is 3.82. The molecule has 0 heterocycles. The van der Waals surface area contributed by atoms with Crippen LogP contribution in [0, 0.1) is 12.2 Å². The molecule has 0 bridgehead atoms. The molecule has 0 aromatic heterocycles. The summed E-state index contributed by atoms with van der Waals surface area (Å²) in [5.74, 6) is 0. The third kappa shape index (κ3) is 13.3. The summed E-state index contributed by atoms with van der Waals surface area (Å²) in [6, 6.07) is 2.80. The molecule has 0 aromatic rings. The largest absolute Gasteiger partial charge is 4.00 e. The van der Waals surface area contributed by atoms with Crippen LogP contribution in [-0.4, -0.2) is 16.1 Å². The van der Waals surface area contributed by atoms with Gasteiger partial charge in [0.05, 0.1) is 0 Å². The molecule has 23 heavy (non-hydrogen) atoms. The smallest absolute Gasteiger partial charge is 0.270 e. The third-order valence-corrected chi connectivity index (χ3v) is 7.32. The first kappa shape index (κ1) is 23.3. The van der Waals surface area contributed by atoms with Crippen LogP contribution in [0.3, 0.4) is 0 Å². The first-order valence-corrected chi connectivity index (χ1v) is 16.1. The van der Waals surface area contributed by atoms with Gasteiger partial charge in [0.2, 0.25) is 0 Å². The van der Waals surface area contributed by atoms with Gasteiger partial charge in [0, 0.05) is 16.1 Å². The van der Waals surface area contributed by atoms with Crippen molar-refractivity contribution in [2.24, 2.45) is 0 Å². The van der Waals surface area contributed by atoms with Crippen LogP contribution < -0.4 is 0 Å². The van der Waals surface area contributed by atoms with Gasteiger partial charge in [-0.05, 0) is 0 Å². The van der Waals surface area contributed by atoms with Gasteiger partial charge in [0.15, 0.2) is 0 Å². The van der Waals surface area contributed by atoms with Crippen LogP contribution in [0.1, 0.15) is 25.7 Å². The van der Waals surface area contributed by atoms with Crippen LogP contribution in [0.25, 0.3) is 0 Å². The topological polar surface area (TPSA) is 0 Å². The minimum absolute atomic E-state index is 0. The van der Waals surface area contributed by atoms with Gasteiger partial charge in [0.25, 0.3) is 0 Å². The van der Waals surface area contributed by atoms with Gasteiger partial charge in [-0.15, -0.1) is 12.8 Å². The van der Waals surface area contributed by atoms with E-state index in [-0.39, 0.29) is 25.8 Å². The average Bonchev–Trinajstić information content (AvgIpc) is 3.07. The summed E-state index contributed by atoms with van der Waals surface area (Å²) in [4.78, 5) is 0. The molecule has 0 aromatic carbocycles. The van der Waals surface area contributed by atoms with E-state index in [1.165, 1.54) is 36.1 Å². The Kier molecular flexibility index (Phi) is 11.1. The van der Waals surface area contributed by atoms with E-state index in [0.717, 1.165) is 12.8 Å². The molecule has 2 aliphatic rings. The normalized spacial score (nSPS) is 16.4. The number of hydrogen-bond acceptors (Lipinski definition) is 0. The fraction of sp³-hybridized carbons (Fsp3) is 0.600. The average molecular weight is 509 g/mol. The molecule has 0 N–H and O–H groups in total. The van der Waals surface area contributed by atoms with Crippen molar-refractivity contribution in [1.29, 1.82) is 0 Å². The molecule has 0 unspecified atom stereocenters. The van der Waals surface area contributed by atoms with E-state index in [1.807, 2.05) is 0 Å². The number of allylic oxidation sites excluding steroid dienone is 8. The molecule has 0 atom stereocenters. The fourth-order valence-corrected chi connectivity index (χ4v) is 4.30. The summed E-state index contributed by atoms with van der Waals surface area (Å²) in [5.41, 5.74) is 2.87. The molecule has 2 aliphatic carbocycles. The molecule has 0 spiro atoms. The first-order valence-electron chi connectivity index (χ1n) is 8.68. The SMILES string of the molecule is C[Si](C)(C)CCC1=[C-]CC=C1.C[Si](C)(C)CCC1=[C-]CC=C1.[Hf+4]. The summed E-state index contributed by atoms with van der Waals surface area (Å²) >= 11 is 0. The Labute approximate surface area is 166 Å². The van der Waals surface area contributed by atoms with E-state index < -0.39 is 16.1 Å². The predicted octanol–water partition coefficient (Wildman–Crippen LogP) is 6.81.